The van der Waals surface area contributed by atoms with Crippen LogP contribution in [-0.4, -0.2) is 39.6 Å². The average Bonchev–Trinajstić information content (AvgIpc) is 2.62. The molecule has 0 aromatic carbocycles. The lowest BCUT2D eigenvalue weighted by Crippen LogP contribution is -2.23. The van der Waals surface area contributed by atoms with Crippen molar-refractivity contribution in [3.63, 3.8) is 0 Å². The van der Waals surface area contributed by atoms with E-state index in [-0.39, 0.29) is 23.5 Å². The van der Waals surface area contributed by atoms with Crippen molar-refractivity contribution in [3.8, 4) is 0 Å². The largest absolute Gasteiger partial charge is 0.367 e. The highest BCUT2D eigenvalue weighted by atomic mass is 32.2. The van der Waals surface area contributed by atoms with E-state index in [1.165, 1.54) is 4.68 Å². The average molecular weight is 217 g/mol. The molecular weight excluding hydrogens is 206 g/mol. The molecule has 1 aliphatic heterocycles. The van der Waals surface area contributed by atoms with Gasteiger partial charge < -0.3 is 5.73 Å². The summed E-state index contributed by atoms with van der Waals surface area (Å²) in [6.45, 7) is 0.265. The van der Waals surface area contributed by atoms with E-state index in [0.29, 0.717) is 6.42 Å². The monoisotopic (exact) mass is 217 g/mol. The van der Waals surface area contributed by atoms with Crippen LogP contribution in [0, 0.1) is 0 Å². The summed E-state index contributed by atoms with van der Waals surface area (Å²) < 4.78 is 24.3. The predicted octanol–water partition coefficient (Wildman–Crippen LogP) is -1.17. The Morgan fingerprint density at radius 3 is 2.86 bits per heavy atom. The van der Waals surface area contributed by atoms with Crippen molar-refractivity contribution in [1.29, 1.82) is 0 Å². The van der Waals surface area contributed by atoms with Gasteiger partial charge in [0.05, 0.1) is 17.5 Å². The quantitative estimate of drug-likeness (QED) is 0.669. The highest BCUT2D eigenvalue weighted by Gasteiger charge is 2.32. The normalized spacial score (nSPS) is 25.3. The molecule has 2 heterocycles. The van der Waals surface area contributed by atoms with Crippen molar-refractivity contribution < 1.29 is 8.42 Å². The van der Waals surface area contributed by atoms with Crippen LogP contribution in [-0.2, 0) is 16.4 Å². The Balaban J connectivity index is 2.16. The molecule has 14 heavy (non-hydrogen) atoms. The summed E-state index contributed by atoms with van der Waals surface area (Å²) in [5.74, 6) is 0.423. The first kappa shape index (κ1) is 9.38. The van der Waals surface area contributed by atoms with Crippen LogP contribution < -0.4 is 5.73 Å². The van der Waals surface area contributed by atoms with Gasteiger partial charge in [-0.15, -0.1) is 0 Å². The molecule has 0 radical (unpaired) electrons. The zero-order valence-electron chi connectivity index (χ0n) is 7.50. The molecule has 1 fully saturated rings. The third-order valence-corrected chi connectivity index (χ3v) is 4.66. The van der Waals surface area contributed by atoms with E-state index in [2.05, 4.69) is 15.5 Å². The molecule has 1 unspecified atom stereocenters. The lowest BCUT2D eigenvalue weighted by atomic mass is 10.2. The number of anilines is 1. The molecule has 1 aliphatic rings. The molecule has 1 aromatic heterocycles. The van der Waals surface area contributed by atoms with Crippen LogP contribution in [0.15, 0.2) is 0 Å². The summed E-state index contributed by atoms with van der Waals surface area (Å²) in [4.78, 5) is 0. The molecule has 0 amide bonds. The molecule has 1 saturated heterocycles. The van der Waals surface area contributed by atoms with Crippen molar-refractivity contribution in [2.24, 2.45) is 0 Å². The highest BCUT2D eigenvalue weighted by Crippen LogP contribution is 2.21. The minimum absolute atomic E-state index is 0.159. The van der Waals surface area contributed by atoms with Gasteiger partial charge >= 0.3 is 0 Å². The van der Waals surface area contributed by atoms with Crippen molar-refractivity contribution in [2.45, 2.75) is 24.6 Å². The van der Waals surface area contributed by atoms with Gasteiger partial charge in [-0.1, -0.05) is 5.10 Å². The number of sulfone groups is 1. The molecular formula is C6H11N5O2S. The molecule has 1 atom stereocenters. The molecule has 2 rings (SSSR count). The van der Waals surface area contributed by atoms with Crippen molar-refractivity contribution in [2.75, 3.05) is 11.5 Å². The van der Waals surface area contributed by atoms with Gasteiger partial charge in [0, 0.05) is 0 Å². The zero-order valence-corrected chi connectivity index (χ0v) is 8.31. The molecule has 1 aromatic rings. The third kappa shape index (κ3) is 1.57. The molecule has 0 bridgehead atoms. The Morgan fingerprint density at radius 1 is 1.57 bits per heavy atom. The fourth-order valence-corrected chi connectivity index (χ4v) is 3.39. The van der Waals surface area contributed by atoms with Gasteiger partial charge in [-0.2, -0.15) is 0 Å². The summed E-state index contributed by atoms with van der Waals surface area (Å²) in [7, 11) is -2.95. The van der Waals surface area contributed by atoms with Crippen molar-refractivity contribution >= 4 is 15.8 Å². The lowest BCUT2D eigenvalue weighted by molar-refractivity contribution is 0.535. The maximum absolute atomic E-state index is 11.5. The van der Waals surface area contributed by atoms with E-state index >= 15 is 0 Å². The van der Waals surface area contributed by atoms with Gasteiger partial charge in [-0.25, -0.2) is 13.1 Å². The summed E-state index contributed by atoms with van der Waals surface area (Å²) in [6, 6.07) is 0. The minimum Gasteiger partial charge on any atom is -0.367 e. The second kappa shape index (κ2) is 3.19. The minimum atomic E-state index is -2.95. The van der Waals surface area contributed by atoms with Crippen LogP contribution >= 0.6 is 0 Å². The number of hydrogen-bond donors (Lipinski definition) is 1. The van der Waals surface area contributed by atoms with E-state index in [9.17, 15) is 8.42 Å². The lowest BCUT2D eigenvalue weighted by Gasteiger charge is -2.08. The van der Waals surface area contributed by atoms with Gasteiger partial charge in [0.15, 0.2) is 9.84 Å². The third-order valence-electron chi connectivity index (χ3n) is 2.40. The molecule has 0 spiro atoms. The SMILES string of the molecule is Nc1nnnn1CC1CCCS1(=O)=O. The van der Waals surface area contributed by atoms with E-state index in [0.717, 1.165) is 6.42 Å². The van der Waals surface area contributed by atoms with Crippen LogP contribution in [0.4, 0.5) is 5.95 Å². The first-order valence-corrected chi connectivity index (χ1v) is 6.04. The van der Waals surface area contributed by atoms with E-state index in [1.807, 2.05) is 0 Å². The predicted molar refractivity (Wildman–Crippen MR) is 49.0 cm³/mol. The summed E-state index contributed by atoms with van der Waals surface area (Å²) in [5, 5.41) is 10.1. The van der Waals surface area contributed by atoms with Gasteiger partial charge in [0.2, 0.25) is 5.95 Å². The summed E-state index contributed by atoms with van der Waals surface area (Å²) in [6.07, 6.45) is 1.39. The van der Waals surface area contributed by atoms with Crippen LogP contribution in [0.5, 0.6) is 0 Å². The van der Waals surface area contributed by atoms with Crippen LogP contribution in [0.25, 0.3) is 0 Å². The van der Waals surface area contributed by atoms with Crippen LogP contribution in [0.2, 0.25) is 0 Å². The highest BCUT2D eigenvalue weighted by molar-refractivity contribution is 7.92. The number of nitrogens with two attached hydrogens (primary N) is 1. The van der Waals surface area contributed by atoms with Crippen molar-refractivity contribution in [3.05, 3.63) is 0 Å². The molecule has 2 N–H and O–H groups in total. The molecule has 0 aliphatic carbocycles. The van der Waals surface area contributed by atoms with Gasteiger partial charge in [-0.05, 0) is 23.3 Å². The first-order valence-electron chi connectivity index (χ1n) is 4.33. The van der Waals surface area contributed by atoms with Crippen LogP contribution in [0.1, 0.15) is 12.8 Å². The molecule has 0 saturated carbocycles. The standard InChI is InChI=1S/C6H11N5O2S/c7-6-8-9-10-11(6)4-5-2-1-3-14(5,12)13/h5H,1-4H2,(H2,7,8,10). The Bertz CT molecular complexity index is 425. The van der Waals surface area contributed by atoms with Gasteiger partial charge in [-0.3, -0.25) is 0 Å². The van der Waals surface area contributed by atoms with E-state index in [1.54, 1.807) is 0 Å². The Hall–Kier alpha value is -1.18. The number of aromatic nitrogens is 4. The van der Waals surface area contributed by atoms with Gasteiger partial charge in [0.1, 0.15) is 0 Å². The van der Waals surface area contributed by atoms with Crippen LogP contribution in [0.3, 0.4) is 0 Å². The maximum Gasteiger partial charge on any atom is 0.240 e. The van der Waals surface area contributed by atoms with E-state index in [4.69, 9.17) is 5.73 Å². The molecule has 8 heteroatoms. The fourth-order valence-electron chi connectivity index (χ4n) is 1.60. The van der Waals surface area contributed by atoms with Gasteiger partial charge in [0.25, 0.3) is 0 Å². The first-order chi connectivity index (χ1) is 6.59. The number of tetrazole rings is 1. The topological polar surface area (TPSA) is 104 Å². The second-order valence-corrected chi connectivity index (χ2v) is 5.75. The Morgan fingerprint density at radius 2 is 2.36 bits per heavy atom. The number of nitrogens with zero attached hydrogens (tertiary/aromatic N) is 4. The summed E-state index contributed by atoms with van der Waals surface area (Å²) in [5.41, 5.74) is 5.44. The van der Waals surface area contributed by atoms with E-state index < -0.39 is 9.84 Å². The Labute approximate surface area is 81.2 Å². The van der Waals surface area contributed by atoms with Crippen molar-refractivity contribution in [1.82, 2.24) is 20.2 Å². The zero-order chi connectivity index (χ0) is 10.2. The molecule has 7 nitrogen and oxygen atoms in total. The maximum atomic E-state index is 11.5. The summed E-state index contributed by atoms with van der Waals surface area (Å²) >= 11 is 0. The number of nitrogen functional groups attached to an aromatic ring is 1. The molecule has 78 valence electrons. The second-order valence-electron chi connectivity index (χ2n) is 3.35. The number of hydrogen-bond acceptors (Lipinski definition) is 6. The Kier molecular flexibility index (Phi) is 2.14. The smallest absolute Gasteiger partial charge is 0.240 e. The number of rotatable bonds is 2. The fraction of sp³-hybridized carbons (Fsp3) is 0.833.